The summed E-state index contributed by atoms with van der Waals surface area (Å²) in [5.74, 6) is -0.997. The highest BCUT2D eigenvalue weighted by Gasteiger charge is 2.09. The minimum Gasteiger partial charge on any atom is -0.481 e. The van der Waals surface area contributed by atoms with E-state index in [0.29, 0.717) is 6.42 Å². The molecule has 5 heteroatoms. The first-order valence-corrected chi connectivity index (χ1v) is 6.43. The Morgan fingerprint density at radius 3 is 3.00 bits per heavy atom. The van der Waals surface area contributed by atoms with Gasteiger partial charge in [0.25, 0.3) is 0 Å². The van der Waals surface area contributed by atoms with Crippen molar-refractivity contribution in [3.8, 4) is 0 Å². The van der Waals surface area contributed by atoms with Crippen LogP contribution < -0.4 is 5.32 Å². The molecule has 3 nitrogen and oxygen atoms in total. The molecule has 0 aliphatic carbocycles. The van der Waals surface area contributed by atoms with Gasteiger partial charge in [-0.05, 0) is 35.0 Å². The van der Waals surface area contributed by atoms with Gasteiger partial charge in [0.1, 0.15) is 0 Å². The van der Waals surface area contributed by atoms with Crippen LogP contribution in [0.4, 0.5) is 0 Å². The average Bonchev–Trinajstić information content (AvgIpc) is 2.58. The van der Waals surface area contributed by atoms with Crippen LogP contribution in [0.3, 0.4) is 0 Å². The Hall–Kier alpha value is -0.390. The number of nitrogens with one attached hydrogen (secondary N) is 1. The maximum Gasteiger partial charge on any atom is 0.306 e. The van der Waals surface area contributed by atoms with Crippen LogP contribution in [0.2, 0.25) is 0 Å². The van der Waals surface area contributed by atoms with Gasteiger partial charge in [0.2, 0.25) is 0 Å². The molecule has 0 radical (unpaired) electrons. The molecule has 1 unspecified atom stereocenters. The molecule has 0 saturated heterocycles. The molecule has 0 spiro atoms. The van der Waals surface area contributed by atoms with Crippen LogP contribution >= 0.6 is 27.3 Å². The van der Waals surface area contributed by atoms with Crippen molar-refractivity contribution in [2.75, 3.05) is 6.54 Å². The zero-order chi connectivity index (χ0) is 11.3. The van der Waals surface area contributed by atoms with Crippen LogP contribution in [-0.2, 0) is 11.3 Å². The number of rotatable bonds is 6. The predicted molar refractivity (Wildman–Crippen MR) is 65.1 cm³/mol. The molecule has 1 aromatic heterocycles. The second-order valence-electron chi connectivity index (χ2n) is 3.44. The molecule has 0 aromatic carbocycles. The Balaban J connectivity index is 2.14. The lowest BCUT2D eigenvalue weighted by molar-refractivity contribution is -0.141. The molecule has 1 heterocycles. The van der Waals surface area contributed by atoms with E-state index >= 15 is 0 Å². The van der Waals surface area contributed by atoms with Crippen molar-refractivity contribution in [1.82, 2.24) is 5.32 Å². The predicted octanol–water partition coefficient (Wildman–Crippen LogP) is 2.71. The summed E-state index contributed by atoms with van der Waals surface area (Å²) in [5.41, 5.74) is 0. The number of aliphatic carboxylic acids is 1. The topological polar surface area (TPSA) is 49.3 Å². The molecule has 1 aromatic rings. The molecule has 0 bridgehead atoms. The third-order valence-electron chi connectivity index (χ3n) is 2.10. The minimum atomic E-state index is -0.726. The Bertz CT molecular complexity index is 327. The number of carboxylic acids is 1. The van der Waals surface area contributed by atoms with Crippen LogP contribution in [0.5, 0.6) is 0 Å². The quantitative estimate of drug-likeness (QED) is 0.793. The molecule has 0 amide bonds. The summed E-state index contributed by atoms with van der Waals surface area (Å²) in [4.78, 5) is 11.8. The van der Waals surface area contributed by atoms with Crippen LogP contribution in [-0.4, -0.2) is 17.6 Å². The molecule has 0 aliphatic rings. The number of halogens is 1. The van der Waals surface area contributed by atoms with Crippen molar-refractivity contribution in [3.05, 3.63) is 20.8 Å². The SMILES string of the molecule is CC(CCNCc1cc(Br)cs1)C(=O)O. The normalized spacial score (nSPS) is 12.7. The van der Waals surface area contributed by atoms with Gasteiger partial charge in [0.05, 0.1) is 5.92 Å². The lowest BCUT2D eigenvalue weighted by Crippen LogP contribution is -2.19. The van der Waals surface area contributed by atoms with Gasteiger partial charge in [-0.1, -0.05) is 6.92 Å². The van der Waals surface area contributed by atoms with E-state index in [4.69, 9.17) is 5.11 Å². The van der Waals surface area contributed by atoms with Crippen molar-refractivity contribution < 1.29 is 9.90 Å². The Morgan fingerprint density at radius 2 is 2.47 bits per heavy atom. The van der Waals surface area contributed by atoms with E-state index in [-0.39, 0.29) is 5.92 Å². The summed E-state index contributed by atoms with van der Waals surface area (Å²) in [6.07, 6.45) is 0.669. The highest BCUT2D eigenvalue weighted by atomic mass is 79.9. The first kappa shape index (κ1) is 12.7. The van der Waals surface area contributed by atoms with Crippen molar-refractivity contribution >= 4 is 33.2 Å². The van der Waals surface area contributed by atoms with Gasteiger partial charge in [0.15, 0.2) is 0 Å². The van der Waals surface area contributed by atoms with E-state index in [1.54, 1.807) is 18.3 Å². The second-order valence-corrected chi connectivity index (χ2v) is 5.35. The molecule has 0 saturated carbocycles. The van der Waals surface area contributed by atoms with Crippen molar-refractivity contribution in [2.45, 2.75) is 19.9 Å². The average molecular weight is 292 g/mol. The Labute approximate surface area is 102 Å². The van der Waals surface area contributed by atoms with Gasteiger partial charge in [-0.25, -0.2) is 0 Å². The number of carbonyl (C=O) groups is 1. The summed E-state index contributed by atoms with van der Waals surface area (Å²) in [6.45, 7) is 3.28. The van der Waals surface area contributed by atoms with E-state index < -0.39 is 5.97 Å². The van der Waals surface area contributed by atoms with Crippen molar-refractivity contribution in [1.29, 1.82) is 0 Å². The van der Waals surface area contributed by atoms with E-state index in [1.165, 1.54) is 4.88 Å². The molecular formula is C10H14BrNO2S. The molecule has 0 aliphatic heterocycles. The smallest absolute Gasteiger partial charge is 0.306 e. The van der Waals surface area contributed by atoms with E-state index in [1.807, 2.05) is 5.38 Å². The fourth-order valence-electron chi connectivity index (χ4n) is 1.10. The molecule has 0 fully saturated rings. The Kier molecular flexibility index (Phi) is 5.28. The monoisotopic (exact) mass is 291 g/mol. The summed E-state index contributed by atoms with van der Waals surface area (Å²) in [5, 5.41) is 13.9. The van der Waals surface area contributed by atoms with Crippen LogP contribution in [0, 0.1) is 5.92 Å². The standard InChI is InChI=1S/C10H14BrNO2S/c1-7(10(13)14)2-3-12-5-9-4-8(11)6-15-9/h4,6-7,12H,2-3,5H2,1H3,(H,13,14). The minimum absolute atomic E-state index is 0.271. The number of hydrogen-bond acceptors (Lipinski definition) is 3. The van der Waals surface area contributed by atoms with Crippen LogP contribution in [0.1, 0.15) is 18.2 Å². The van der Waals surface area contributed by atoms with Crippen LogP contribution in [0.15, 0.2) is 15.9 Å². The van der Waals surface area contributed by atoms with Crippen molar-refractivity contribution in [2.24, 2.45) is 5.92 Å². The van der Waals surface area contributed by atoms with Gasteiger partial charge in [0, 0.05) is 21.3 Å². The second kappa shape index (κ2) is 6.25. The van der Waals surface area contributed by atoms with E-state index in [0.717, 1.165) is 17.6 Å². The maximum atomic E-state index is 10.5. The summed E-state index contributed by atoms with van der Waals surface area (Å²) < 4.78 is 1.10. The zero-order valence-electron chi connectivity index (χ0n) is 8.50. The molecular weight excluding hydrogens is 278 g/mol. The number of carboxylic acid groups (broad SMARTS) is 1. The van der Waals surface area contributed by atoms with E-state index in [9.17, 15) is 4.79 Å². The molecule has 1 rings (SSSR count). The fourth-order valence-corrected chi connectivity index (χ4v) is 2.52. The summed E-state index contributed by atoms with van der Waals surface area (Å²) in [7, 11) is 0. The van der Waals surface area contributed by atoms with E-state index in [2.05, 4.69) is 27.3 Å². The van der Waals surface area contributed by atoms with Gasteiger partial charge in [-0.3, -0.25) is 4.79 Å². The molecule has 2 N–H and O–H groups in total. The molecule has 1 atom stereocenters. The summed E-state index contributed by atoms with van der Waals surface area (Å²) in [6, 6.07) is 2.07. The largest absolute Gasteiger partial charge is 0.481 e. The van der Waals surface area contributed by atoms with Crippen LogP contribution in [0.25, 0.3) is 0 Å². The first-order chi connectivity index (χ1) is 7.09. The fraction of sp³-hybridized carbons (Fsp3) is 0.500. The van der Waals surface area contributed by atoms with Gasteiger partial charge in [-0.15, -0.1) is 11.3 Å². The number of hydrogen-bond donors (Lipinski definition) is 2. The third-order valence-corrected chi connectivity index (χ3v) is 3.79. The van der Waals surface area contributed by atoms with Crippen molar-refractivity contribution in [3.63, 3.8) is 0 Å². The third kappa shape index (κ3) is 4.77. The lowest BCUT2D eigenvalue weighted by Gasteiger charge is -2.06. The number of thiophene rings is 1. The maximum absolute atomic E-state index is 10.5. The zero-order valence-corrected chi connectivity index (χ0v) is 10.9. The first-order valence-electron chi connectivity index (χ1n) is 4.76. The highest BCUT2D eigenvalue weighted by molar-refractivity contribution is 9.10. The van der Waals surface area contributed by atoms with Gasteiger partial charge < -0.3 is 10.4 Å². The van der Waals surface area contributed by atoms with Gasteiger partial charge >= 0.3 is 5.97 Å². The molecule has 84 valence electrons. The summed E-state index contributed by atoms with van der Waals surface area (Å²) >= 11 is 5.08. The Morgan fingerprint density at radius 1 is 1.73 bits per heavy atom. The highest BCUT2D eigenvalue weighted by Crippen LogP contribution is 2.19. The molecule has 15 heavy (non-hydrogen) atoms. The lowest BCUT2D eigenvalue weighted by atomic mass is 10.1. The van der Waals surface area contributed by atoms with Gasteiger partial charge in [-0.2, -0.15) is 0 Å².